The molecule has 39 heavy (non-hydrogen) atoms. The van der Waals surface area contributed by atoms with Crippen LogP contribution in [0, 0.1) is 5.92 Å². The summed E-state index contributed by atoms with van der Waals surface area (Å²) in [7, 11) is 0. The van der Waals surface area contributed by atoms with Gasteiger partial charge in [-0.15, -0.1) is 0 Å². The Balaban J connectivity index is 1.44. The Morgan fingerprint density at radius 1 is 1.15 bits per heavy atom. The molecule has 1 amide bonds. The minimum atomic E-state index is -4.62. The van der Waals surface area contributed by atoms with Gasteiger partial charge in [-0.1, -0.05) is 17.7 Å². The first-order chi connectivity index (χ1) is 18.2. The van der Waals surface area contributed by atoms with Crippen molar-refractivity contribution in [2.75, 3.05) is 19.7 Å². The van der Waals surface area contributed by atoms with E-state index in [4.69, 9.17) is 21.1 Å². The van der Waals surface area contributed by atoms with E-state index in [-0.39, 0.29) is 30.2 Å². The fraction of sp³-hybridized carbons (Fsp3) is 0.593. The van der Waals surface area contributed by atoms with Crippen LogP contribution in [0.5, 0.6) is 5.75 Å². The largest absolute Gasteiger partial charge is 0.486 e. The molecule has 4 rings (SSSR count). The topological polar surface area (TPSA) is 76.9 Å². The fourth-order valence-electron chi connectivity index (χ4n) is 4.89. The number of piperidine rings is 1. The zero-order chi connectivity index (χ0) is 28.5. The Kier molecular flexibility index (Phi) is 8.51. The Hall–Kier alpha value is -2.79. The molecule has 1 aromatic carbocycles. The molecule has 1 atom stereocenters. The first kappa shape index (κ1) is 29.2. The van der Waals surface area contributed by atoms with Crippen molar-refractivity contribution in [3.63, 3.8) is 0 Å². The van der Waals surface area contributed by atoms with Crippen LogP contribution in [-0.4, -0.2) is 56.9 Å². The maximum Gasteiger partial charge on any atom is 0.410 e. The van der Waals surface area contributed by atoms with Gasteiger partial charge in [0.05, 0.1) is 18.8 Å². The molecule has 0 spiro atoms. The van der Waals surface area contributed by atoms with Crippen LogP contribution in [0.4, 0.5) is 18.0 Å². The summed E-state index contributed by atoms with van der Waals surface area (Å²) in [6, 6.07) is 4.96. The molecular weight excluding hydrogens is 537 g/mol. The number of rotatable bonds is 6. The molecule has 0 aliphatic carbocycles. The van der Waals surface area contributed by atoms with Gasteiger partial charge in [0.15, 0.2) is 0 Å². The van der Waals surface area contributed by atoms with Gasteiger partial charge in [-0.05, 0) is 69.7 Å². The van der Waals surface area contributed by atoms with Gasteiger partial charge in [-0.2, -0.15) is 13.2 Å². The molecule has 2 aliphatic heterocycles. The van der Waals surface area contributed by atoms with Crippen LogP contribution >= 0.6 is 11.6 Å². The van der Waals surface area contributed by atoms with Crippen LogP contribution in [0.25, 0.3) is 0 Å². The highest BCUT2D eigenvalue weighted by atomic mass is 35.5. The summed E-state index contributed by atoms with van der Waals surface area (Å²) in [4.78, 5) is 33.3. The van der Waals surface area contributed by atoms with Crippen molar-refractivity contribution >= 4 is 17.7 Å². The molecule has 1 saturated heterocycles. The Morgan fingerprint density at radius 2 is 1.82 bits per heavy atom. The molecule has 0 bridgehead atoms. The van der Waals surface area contributed by atoms with E-state index in [9.17, 15) is 22.8 Å². The predicted octanol–water partition coefficient (Wildman–Crippen LogP) is 5.56. The number of ether oxygens (including phenoxy) is 2. The second kappa shape index (κ2) is 11.4. The van der Waals surface area contributed by atoms with E-state index in [1.54, 1.807) is 38.7 Å². The highest BCUT2D eigenvalue weighted by Gasteiger charge is 2.34. The monoisotopic (exact) mass is 570 g/mol. The van der Waals surface area contributed by atoms with Gasteiger partial charge in [0.25, 0.3) is 5.56 Å². The number of halogens is 4. The summed E-state index contributed by atoms with van der Waals surface area (Å²) in [6.07, 6.45) is -2.53. The molecule has 1 aromatic heterocycles. The minimum absolute atomic E-state index is 0.0225. The van der Waals surface area contributed by atoms with Gasteiger partial charge in [-0.3, -0.25) is 14.3 Å². The van der Waals surface area contributed by atoms with Crippen LogP contribution in [0.15, 0.2) is 29.2 Å². The summed E-state index contributed by atoms with van der Waals surface area (Å²) in [5.74, 6) is -0.164. The first-order valence-electron chi connectivity index (χ1n) is 13.0. The van der Waals surface area contributed by atoms with E-state index in [0.717, 1.165) is 11.1 Å². The van der Waals surface area contributed by atoms with E-state index in [1.807, 2.05) is 17.0 Å². The van der Waals surface area contributed by atoms with Crippen molar-refractivity contribution in [2.24, 2.45) is 5.92 Å². The summed E-state index contributed by atoms with van der Waals surface area (Å²) < 4.78 is 52.3. The summed E-state index contributed by atoms with van der Waals surface area (Å²) >= 11 is 6.10. The minimum Gasteiger partial charge on any atom is -0.486 e. The van der Waals surface area contributed by atoms with Gasteiger partial charge in [0, 0.05) is 31.2 Å². The quantitative estimate of drug-likeness (QED) is 0.452. The van der Waals surface area contributed by atoms with E-state index >= 15 is 0 Å². The first-order valence-corrected chi connectivity index (χ1v) is 13.4. The maximum atomic E-state index is 13.5. The summed E-state index contributed by atoms with van der Waals surface area (Å²) in [6.45, 7) is 7.76. The van der Waals surface area contributed by atoms with Crippen molar-refractivity contribution in [3.8, 4) is 5.75 Å². The van der Waals surface area contributed by atoms with Crippen LogP contribution in [0.3, 0.4) is 0 Å². The lowest BCUT2D eigenvalue weighted by Gasteiger charge is -2.33. The number of likely N-dealkylation sites (tertiary alicyclic amines) is 1. The molecular formula is C27H34ClF3N4O4. The van der Waals surface area contributed by atoms with Crippen molar-refractivity contribution in [1.29, 1.82) is 0 Å². The number of benzene rings is 1. The Morgan fingerprint density at radius 3 is 2.46 bits per heavy atom. The van der Waals surface area contributed by atoms with Crippen LogP contribution in [0.1, 0.15) is 63.5 Å². The number of nitrogens with zero attached hydrogens (tertiary/aromatic N) is 4. The number of carbonyl (C=O) groups is 1. The summed E-state index contributed by atoms with van der Waals surface area (Å²) in [5.41, 5.74) is 0.580. The lowest BCUT2D eigenvalue weighted by molar-refractivity contribution is -0.142. The molecule has 0 saturated carbocycles. The van der Waals surface area contributed by atoms with Crippen molar-refractivity contribution in [3.05, 3.63) is 56.7 Å². The Labute approximate surface area is 230 Å². The van der Waals surface area contributed by atoms with E-state index in [1.165, 1.54) is 6.20 Å². The SMILES string of the molecule is C[C@@H](c1ncc(OCC2CCN(C(=O)OC(C)(C)C)CC2)c(=O)n1CC(F)(F)F)N1Cc2ccc(Cl)cc2C1. The highest BCUT2D eigenvalue weighted by Crippen LogP contribution is 2.32. The molecule has 214 valence electrons. The average Bonchev–Trinajstić information content (AvgIpc) is 3.26. The highest BCUT2D eigenvalue weighted by molar-refractivity contribution is 6.30. The molecule has 0 N–H and O–H groups in total. The third-order valence-electron chi connectivity index (χ3n) is 6.96. The zero-order valence-electron chi connectivity index (χ0n) is 22.6. The molecule has 12 heteroatoms. The Bertz CT molecular complexity index is 1250. The molecule has 0 radical (unpaired) electrons. The van der Waals surface area contributed by atoms with Crippen molar-refractivity contribution in [2.45, 2.75) is 78.0 Å². The predicted molar refractivity (Wildman–Crippen MR) is 140 cm³/mol. The number of alkyl halides is 3. The standard InChI is InChI=1S/C27H34ClF3N4O4/c1-17(34-13-19-5-6-21(28)11-20(19)14-34)23-32-12-22(24(36)35(23)16-27(29,30)31)38-15-18-7-9-33(10-8-18)25(37)39-26(2,3)4/h5-6,11-12,17-18H,7-10,13-16H2,1-4H3/t17-/m0/s1. The summed E-state index contributed by atoms with van der Waals surface area (Å²) in [5, 5.41) is 0.590. The van der Waals surface area contributed by atoms with E-state index in [2.05, 4.69) is 4.98 Å². The molecule has 2 aliphatic rings. The molecule has 1 fully saturated rings. The fourth-order valence-corrected chi connectivity index (χ4v) is 5.09. The van der Waals surface area contributed by atoms with Gasteiger partial charge < -0.3 is 14.4 Å². The number of hydrogen-bond donors (Lipinski definition) is 0. The van der Waals surface area contributed by atoms with Gasteiger partial charge in [-0.25, -0.2) is 9.78 Å². The molecule has 8 nitrogen and oxygen atoms in total. The number of amides is 1. The lowest BCUT2D eigenvalue weighted by atomic mass is 9.98. The third-order valence-corrected chi connectivity index (χ3v) is 7.20. The van der Waals surface area contributed by atoms with Crippen molar-refractivity contribution in [1.82, 2.24) is 19.4 Å². The number of fused-ring (bicyclic) bond motifs is 1. The van der Waals surface area contributed by atoms with Gasteiger partial charge in [0.1, 0.15) is 18.0 Å². The van der Waals surface area contributed by atoms with Crippen LogP contribution in [0.2, 0.25) is 5.02 Å². The normalized spacial score (nSPS) is 17.7. The maximum absolute atomic E-state index is 13.5. The second-order valence-electron chi connectivity index (χ2n) is 11.2. The zero-order valence-corrected chi connectivity index (χ0v) is 23.3. The average molecular weight is 571 g/mol. The van der Waals surface area contributed by atoms with Crippen LogP contribution < -0.4 is 10.3 Å². The molecule has 2 aromatic rings. The van der Waals surface area contributed by atoms with Crippen molar-refractivity contribution < 1.29 is 27.4 Å². The van der Waals surface area contributed by atoms with E-state index in [0.29, 0.717) is 48.6 Å². The second-order valence-corrected chi connectivity index (χ2v) is 11.6. The van der Waals surface area contributed by atoms with Crippen LogP contribution in [-0.2, 0) is 24.4 Å². The molecule has 3 heterocycles. The number of carbonyl (C=O) groups excluding carboxylic acids is 1. The lowest BCUT2D eigenvalue weighted by Crippen LogP contribution is -2.42. The smallest absolute Gasteiger partial charge is 0.410 e. The number of aromatic nitrogens is 2. The van der Waals surface area contributed by atoms with Gasteiger partial charge >= 0.3 is 12.3 Å². The van der Waals surface area contributed by atoms with E-state index < -0.39 is 29.9 Å². The molecule has 0 unspecified atom stereocenters. The third kappa shape index (κ3) is 7.45. The van der Waals surface area contributed by atoms with Gasteiger partial charge in [0.2, 0.25) is 5.75 Å². The number of hydrogen-bond acceptors (Lipinski definition) is 6.